The van der Waals surface area contributed by atoms with Crippen molar-refractivity contribution in [3.8, 4) is 0 Å². The van der Waals surface area contributed by atoms with Crippen molar-refractivity contribution in [1.82, 2.24) is 15.4 Å². The molecule has 0 aromatic heterocycles. The Morgan fingerprint density at radius 3 is 2.04 bits per heavy atom. The third-order valence-corrected chi connectivity index (χ3v) is 4.01. The van der Waals surface area contributed by atoms with Gasteiger partial charge in [-0.15, -0.1) is 24.0 Å². The molecule has 7 nitrogen and oxygen atoms in total. The Bertz CT molecular complexity index is 473. The normalized spacial score (nSPS) is 14.9. The maximum Gasteiger partial charge on any atom is 0.209 e. The van der Waals surface area contributed by atoms with Gasteiger partial charge in [-0.2, -0.15) is 0 Å². The summed E-state index contributed by atoms with van der Waals surface area (Å²) in [7, 11) is 0.104. The fourth-order valence-electron chi connectivity index (χ4n) is 2.00. The number of aliphatic imine (C=N–C) groups is 1. The molecule has 9 heteroatoms. The lowest BCUT2D eigenvalue weighted by atomic mass is 9.89. The molecule has 1 atom stereocenters. The summed E-state index contributed by atoms with van der Waals surface area (Å²) in [6, 6.07) is 0. The number of nitrogens with one attached hydrogen (secondary N) is 3. The lowest BCUT2D eigenvalue weighted by Crippen LogP contribution is -2.54. The van der Waals surface area contributed by atoms with E-state index in [9.17, 15) is 8.42 Å². The molecule has 0 spiro atoms. The van der Waals surface area contributed by atoms with Crippen LogP contribution in [0.2, 0.25) is 0 Å². The van der Waals surface area contributed by atoms with Crippen LogP contribution in [0.4, 0.5) is 0 Å². The Kier molecular flexibility index (Phi) is 10.9. The molecule has 140 valence electrons. The first kappa shape index (κ1) is 25.1. The largest absolute Gasteiger partial charge is 0.379 e. The smallest absolute Gasteiger partial charge is 0.209 e. The van der Waals surface area contributed by atoms with Crippen LogP contribution in [-0.2, 0) is 14.8 Å². The molecule has 0 fully saturated rings. The van der Waals surface area contributed by atoms with E-state index in [0.717, 1.165) is 6.26 Å². The highest BCUT2D eigenvalue weighted by Crippen LogP contribution is 2.20. The maximum absolute atomic E-state index is 11.3. The quantitative estimate of drug-likeness (QED) is 0.299. The second-order valence-corrected chi connectivity index (χ2v) is 8.90. The molecule has 0 aromatic rings. The predicted molar refractivity (Wildman–Crippen MR) is 107 cm³/mol. The van der Waals surface area contributed by atoms with Gasteiger partial charge in [-0.3, -0.25) is 4.99 Å². The van der Waals surface area contributed by atoms with E-state index in [0.29, 0.717) is 19.0 Å². The van der Waals surface area contributed by atoms with Crippen LogP contribution in [0.15, 0.2) is 4.99 Å². The van der Waals surface area contributed by atoms with Gasteiger partial charge < -0.3 is 15.4 Å². The van der Waals surface area contributed by atoms with Crippen LogP contribution in [0.3, 0.4) is 0 Å². The summed E-state index contributed by atoms with van der Waals surface area (Å²) in [6.07, 6.45) is 1.18. The van der Waals surface area contributed by atoms with E-state index in [2.05, 4.69) is 41.1 Å². The van der Waals surface area contributed by atoms with Gasteiger partial charge >= 0.3 is 0 Å². The van der Waals surface area contributed by atoms with Gasteiger partial charge in [0.15, 0.2) is 5.96 Å². The second-order valence-electron chi connectivity index (χ2n) is 7.16. The van der Waals surface area contributed by atoms with Gasteiger partial charge in [0.2, 0.25) is 10.0 Å². The Hall–Kier alpha value is -0.130. The maximum atomic E-state index is 11.3. The van der Waals surface area contributed by atoms with E-state index in [1.165, 1.54) is 0 Å². The average Bonchev–Trinajstić information content (AvgIpc) is 2.28. The Labute approximate surface area is 158 Å². The molecule has 23 heavy (non-hydrogen) atoms. The first-order valence-corrected chi connectivity index (χ1v) is 9.16. The van der Waals surface area contributed by atoms with Crippen LogP contribution in [0, 0.1) is 5.41 Å². The highest BCUT2D eigenvalue weighted by molar-refractivity contribution is 14.0. The molecule has 0 radical (unpaired) electrons. The second kappa shape index (κ2) is 10.00. The van der Waals surface area contributed by atoms with Gasteiger partial charge in [0, 0.05) is 32.8 Å². The summed E-state index contributed by atoms with van der Waals surface area (Å²) in [5.74, 6) is 0.606. The number of hydrogen-bond acceptors (Lipinski definition) is 4. The number of nitrogens with zero attached hydrogens (tertiary/aromatic N) is 1. The molecule has 0 aliphatic heterocycles. The summed E-state index contributed by atoms with van der Waals surface area (Å²) in [5, 5.41) is 6.32. The van der Waals surface area contributed by atoms with E-state index in [1.807, 2.05) is 0 Å². The lowest BCUT2D eigenvalue weighted by molar-refractivity contribution is 0.0205. The van der Waals surface area contributed by atoms with Gasteiger partial charge in [0.1, 0.15) is 0 Å². The predicted octanol–water partition coefficient (Wildman–Crippen LogP) is 1.16. The van der Waals surface area contributed by atoms with E-state index in [1.54, 1.807) is 28.0 Å². The van der Waals surface area contributed by atoms with Crippen molar-refractivity contribution in [2.24, 2.45) is 10.4 Å². The molecular formula is C14H33IN4O3S. The minimum absolute atomic E-state index is 0. The van der Waals surface area contributed by atoms with Gasteiger partial charge in [0.05, 0.1) is 12.4 Å². The molecule has 0 saturated heterocycles. The molecule has 0 aliphatic carbocycles. The Balaban J connectivity index is 0. The first-order valence-electron chi connectivity index (χ1n) is 7.27. The van der Waals surface area contributed by atoms with Crippen LogP contribution < -0.4 is 15.4 Å². The van der Waals surface area contributed by atoms with Gasteiger partial charge in [0.25, 0.3) is 0 Å². The van der Waals surface area contributed by atoms with Gasteiger partial charge in [-0.25, -0.2) is 13.1 Å². The standard InChI is InChI=1S/C14H32N4O3S.HI/c1-13(2,3)11(21-7)9-16-12(15-6)17-10-14(4,5)18-22(8,19)20;/h11,18H,9-10H2,1-8H3,(H2,15,16,17);1H. The number of methoxy groups -OCH3 is 1. The van der Waals surface area contributed by atoms with Gasteiger partial charge in [-0.1, -0.05) is 20.8 Å². The molecule has 0 saturated carbocycles. The van der Waals surface area contributed by atoms with Crippen molar-refractivity contribution >= 4 is 40.0 Å². The monoisotopic (exact) mass is 464 g/mol. The Morgan fingerprint density at radius 1 is 1.17 bits per heavy atom. The van der Waals surface area contributed by atoms with Crippen LogP contribution in [0.5, 0.6) is 0 Å². The summed E-state index contributed by atoms with van der Waals surface area (Å²) in [4.78, 5) is 4.14. The number of sulfonamides is 1. The third-order valence-electron chi connectivity index (χ3n) is 3.09. The number of rotatable bonds is 7. The fraction of sp³-hybridized carbons (Fsp3) is 0.929. The number of guanidine groups is 1. The molecule has 0 heterocycles. The lowest BCUT2D eigenvalue weighted by Gasteiger charge is -2.31. The topological polar surface area (TPSA) is 91.8 Å². The summed E-state index contributed by atoms with van der Waals surface area (Å²) < 4.78 is 30.7. The minimum atomic E-state index is -3.26. The zero-order valence-electron chi connectivity index (χ0n) is 15.5. The Morgan fingerprint density at radius 2 is 1.70 bits per heavy atom. The van der Waals surface area contributed by atoms with Crippen molar-refractivity contribution in [1.29, 1.82) is 0 Å². The zero-order valence-corrected chi connectivity index (χ0v) is 18.6. The van der Waals surface area contributed by atoms with E-state index in [-0.39, 0.29) is 35.5 Å². The molecule has 0 amide bonds. The summed E-state index contributed by atoms with van der Waals surface area (Å²) >= 11 is 0. The molecule has 0 aromatic carbocycles. The van der Waals surface area contributed by atoms with Gasteiger partial charge in [-0.05, 0) is 19.3 Å². The highest BCUT2D eigenvalue weighted by Gasteiger charge is 2.25. The van der Waals surface area contributed by atoms with E-state index < -0.39 is 15.6 Å². The van der Waals surface area contributed by atoms with Crippen molar-refractivity contribution in [3.05, 3.63) is 0 Å². The number of ether oxygens (including phenoxy) is 1. The molecule has 0 aliphatic rings. The van der Waals surface area contributed by atoms with Crippen LogP contribution >= 0.6 is 24.0 Å². The summed E-state index contributed by atoms with van der Waals surface area (Å²) in [5.41, 5.74) is -0.604. The van der Waals surface area contributed by atoms with Crippen LogP contribution in [-0.4, -0.2) is 59.5 Å². The number of hydrogen-bond donors (Lipinski definition) is 3. The first-order chi connectivity index (χ1) is 9.80. The SMILES string of the molecule is CN=C(NCC(OC)C(C)(C)C)NCC(C)(C)NS(C)(=O)=O.I. The van der Waals surface area contributed by atoms with Crippen LogP contribution in [0.25, 0.3) is 0 Å². The van der Waals surface area contributed by atoms with E-state index in [4.69, 9.17) is 4.74 Å². The fourth-order valence-corrected chi connectivity index (χ4v) is 3.07. The van der Waals surface area contributed by atoms with Crippen molar-refractivity contribution in [3.63, 3.8) is 0 Å². The van der Waals surface area contributed by atoms with Crippen LogP contribution in [0.1, 0.15) is 34.6 Å². The summed E-state index contributed by atoms with van der Waals surface area (Å²) in [6.45, 7) is 11.0. The van der Waals surface area contributed by atoms with Crippen molar-refractivity contribution in [2.75, 3.05) is 33.5 Å². The van der Waals surface area contributed by atoms with Crippen molar-refractivity contribution < 1.29 is 13.2 Å². The average molecular weight is 464 g/mol. The third kappa shape index (κ3) is 12.0. The molecule has 0 bridgehead atoms. The highest BCUT2D eigenvalue weighted by atomic mass is 127. The molecular weight excluding hydrogens is 431 g/mol. The minimum Gasteiger partial charge on any atom is -0.379 e. The molecule has 1 unspecified atom stereocenters. The molecule has 3 N–H and O–H groups in total. The zero-order chi connectivity index (χ0) is 17.6. The number of halogens is 1. The van der Waals surface area contributed by atoms with E-state index >= 15 is 0 Å². The molecule has 0 rings (SSSR count). The van der Waals surface area contributed by atoms with Crippen molar-refractivity contribution in [2.45, 2.75) is 46.3 Å².